The number of carbonyl (C=O) groups is 2. The molecule has 30 heavy (non-hydrogen) atoms. The molecule has 0 aliphatic carbocycles. The number of anilines is 2. The van der Waals surface area contributed by atoms with Crippen molar-refractivity contribution in [2.75, 3.05) is 48.8 Å². The van der Waals surface area contributed by atoms with Crippen LogP contribution in [-0.4, -0.2) is 60.2 Å². The van der Waals surface area contributed by atoms with Crippen LogP contribution in [0, 0.1) is 0 Å². The molecule has 0 saturated carbocycles. The summed E-state index contributed by atoms with van der Waals surface area (Å²) in [6.45, 7) is 5.24. The number of hydrogen-bond acceptors (Lipinski definition) is 6. The number of piperazine rings is 1. The van der Waals surface area contributed by atoms with Crippen LogP contribution in [0.2, 0.25) is 0 Å². The number of ether oxygens (including phenoxy) is 1. The molecule has 2 aliphatic heterocycles. The van der Waals surface area contributed by atoms with Gasteiger partial charge in [0.25, 0.3) is 11.8 Å². The van der Waals surface area contributed by atoms with Gasteiger partial charge in [0, 0.05) is 49.4 Å². The number of hydrogen-bond donors (Lipinski definition) is 1. The van der Waals surface area contributed by atoms with Crippen LogP contribution in [-0.2, 0) is 9.53 Å². The van der Waals surface area contributed by atoms with Crippen molar-refractivity contribution in [3.05, 3.63) is 64.9 Å². The van der Waals surface area contributed by atoms with Crippen molar-refractivity contribution in [2.24, 2.45) is 0 Å². The lowest BCUT2D eigenvalue weighted by Crippen LogP contribution is -2.49. The Morgan fingerprint density at radius 3 is 2.50 bits per heavy atom. The van der Waals surface area contributed by atoms with Gasteiger partial charge < -0.3 is 19.9 Å². The first kappa shape index (κ1) is 20.3. The quantitative estimate of drug-likeness (QED) is 0.813. The van der Waals surface area contributed by atoms with Crippen molar-refractivity contribution in [2.45, 2.75) is 6.92 Å². The number of amides is 2. The molecule has 4 rings (SSSR count). The van der Waals surface area contributed by atoms with E-state index < -0.39 is 0 Å². The fraction of sp³-hybridized carbons (Fsp3) is 0.318. The predicted octanol–water partition coefficient (Wildman–Crippen LogP) is 2.98. The highest BCUT2D eigenvalue weighted by Gasteiger charge is 2.23. The predicted molar refractivity (Wildman–Crippen MR) is 119 cm³/mol. The van der Waals surface area contributed by atoms with Crippen molar-refractivity contribution >= 4 is 35.1 Å². The van der Waals surface area contributed by atoms with Crippen LogP contribution in [0.4, 0.5) is 11.5 Å². The lowest BCUT2D eigenvalue weighted by atomic mass is 10.1. The van der Waals surface area contributed by atoms with Crippen LogP contribution in [0.1, 0.15) is 17.3 Å². The van der Waals surface area contributed by atoms with Crippen molar-refractivity contribution in [3.8, 4) is 0 Å². The molecule has 2 aliphatic rings. The fourth-order valence-corrected chi connectivity index (χ4v) is 4.29. The van der Waals surface area contributed by atoms with E-state index in [1.165, 1.54) is 11.8 Å². The molecule has 3 heterocycles. The zero-order chi connectivity index (χ0) is 20.9. The number of rotatable bonds is 4. The molecule has 1 aromatic heterocycles. The molecule has 1 fully saturated rings. The van der Waals surface area contributed by atoms with E-state index in [9.17, 15) is 9.59 Å². The number of benzene rings is 1. The number of nitrogens with zero attached hydrogens (tertiary/aromatic N) is 3. The van der Waals surface area contributed by atoms with Crippen LogP contribution in [0.15, 0.2) is 59.3 Å². The van der Waals surface area contributed by atoms with E-state index in [0.717, 1.165) is 24.7 Å². The van der Waals surface area contributed by atoms with E-state index in [-0.39, 0.29) is 11.8 Å². The van der Waals surface area contributed by atoms with Gasteiger partial charge in [-0.05, 0) is 43.3 Å². The summed E-state index contributed by atoms with van der Waals surface area (Å²) < 4.78 is 5.44. The highest BCUT2D eigenvalue weighted by atomic mass is 32.2. The maximum absolute atomic E-state index is 12.8. The fourth-order valence-electron chi connectivity index (χ4n) is 3.48. The van der Waals surface area contributed by atoms with E-state index >= 15 is 0 Å². The Balaban J connectivity index is 1.34. The maximum Gasteiger partial charge on any atom is 0.265 e. The van der Waals surface area contributed by atoms with E-state index in [4.69, 9.17) is 4.74 Å². The zero-order valence-corrected chi connectivity index (χ0v) is 17.7. The lowest BCUT2D eigenvalue weighted by molar-refractivity contribution is -0.112. The molecule has 1 aromatic carbocycles. The summed E-state index contributed by atoms with van der Waals surface area (Å²) in [7, 11) is 0. The Morgan fingerprint density at radius 1 is 1.07 bits per heavy atom. The van der Waals surface area contributed by atoms with Gasteiger partial charge in [0.05, 0.1) is 6.61 Å². The molecule has 0 unspecified atom stereocenters. The average molecular weight is 425 g/mol. The standard InChI is InChI=1S/C22H24N4O3S/c1-16-20(30-15-14-29-16)21(27)24-18-7-5-17(6-8-18)22(28)26-12-10-25(11-13-26)19-4-2-3-9-23-19/h2-9H,10-15H2,1H3,(H,24,27). The number of nitrogens with one attached hydrogen (secondary N) is 1. The van der Waals surface area contributed by atoms with Crippen molar-refractivity contribution in [1.29, 1.82) is 0 Å². The Labute approximate surface area is 180 Å². The molecule has 8 heteroatoms. The second-order valence-corrected chi connectivity index (χ2v) is 8.19. The van der Waals surface area contributed by atoms with Gasteiger partial charge in [-0.2, -0.15) is 0 Å². The third-order valence-electron chi connectivity index (χ3n) is 5.10. The molecular formula is C22H24N4O3S. The molecule has 0 atom stereocenters. The van der Waals surface area contributed by atoms with E-state index in [1.807, 2.05) is 23.1 Å². The number of aromatic nitrogens is 1. The Kier molecular flexibility index (Phi) is 6.23. The monoisotopic (exact) mass is 424 g/mol. The minimum atomic E-state index is -0.179. The van der Waals surface area contributed by atoms with Crippen LogP contribution in [0.3, 0.4) is 0 Å². The first-order valence-electron chi connectivity index (χ1n) is 9.95. The number of thioether (sulfide) groups is 1. The molecular weight excluding hydrogens is 400 g/mol. The van der Waals surface area contributed by atoms with Gasteiger partial charge in [0.1, 0.15) is 16.5 Å². The first-order valence-corrected chi connectivity index (χ1v) is 10.9. The molecule has 0 spiro atoms. The molecule has 1 N–H and O–H groups in total. The van der Waals surface area contributed by atoms with Crippen molar-refractivity contribution < 1.29 is 14.3 Å². The van der Waals surface area contributed by atoms with E-state index in [1.54, 1.807) is 37.4 Å². The van der Waals surface area contributed by atoms with E-state index in [2.05, 4.69) is 15.2 Å². The summed E-state index contributed by atoms with van der Waals surface area (Å²) in [5.74, 6) is 2.18. The summed E-state index contributed by atoms with van der Waals surface area (Å²) in [6.07, 6.45) is 1.78. The molecule has 7 nitrogen and oxygen atoms in total. The summed E-state index contributed by atoms with van der Waals surface area (Å²) in [6, 6.07) is 12.9. The third kappa shape index (κ3) is 4.59. The normalized spacial score (nSPS) is 16.8. The smallest absolute Gasteiger partial charge is 0.265 e. The molecule has 2 aromatic rings. The topological polar surface area (TPSA) is 74.8 Å². The van der Waals surface area contributed by atoms with Crippen molar-refractivity contribution in [3.63, 3.8) is 0 Å². The van der Waals surface area contributed by atoms with Crippen LogP contribution in [0.25, 0.3) is 0 Å². The second-order valence-electron chi connectivity index (χ2n) is 7.08. The number of pyridine rings is 1. The minimum absolute atomic E-state index is 0.00309. The van der Waals surface area contributed by atoms with E-state index in [0.29, 0.717) is 41.6 Å². The molecule has 156 valence electrons. The SMILES string of the molecule is CC1=C(C(=O)Nc2ccc(C(=O)N3CCN(c4ccccn4)CC3)cc2)SCCO1. The van der Waals surface area contributed by atoms with Gasteiger partial charge in [-0.1, -0.05) is 6.07 Å². The van der Waals surface area contributed by atoms with Crippen LogP contribution < -0.4 is 10.2 Å². The first-order chi connectivity index (χ1) is 14.6. The Morgan fingerprint density at radius 2 is 1.83 bits per heavy atom. The zero-order valence-electron chi connectivity index (χ0n) is 16.8. The summed E-state index contributed by atoms with van der Waals surface area (Å²) in [4.78, 5) is 34.3. The van der Waals surface area contributed by atoms with Gasteiger partial charge in [-0.3, -0.25) is 9.59 Å². The molecule has 1 saturated heterocycles. The highest BCUT2D eigenvalue weighted by Crippen LogP contribution is 2.26. The Bertz CT molecular complexity index is 939. The Hall–Kier alpha value is -3.00. The summed E-state index contributed by atoms with van der Waals surface area (Å²) in [5.41, 5.74) is 1.27. The minimum Gasteiger partial charge on any atom is -0.496 e. The molecule has 0 radical (unpaired) electrons. The lowest BCUT2D eigenvalue weighted by Gasteiger charge is -2.35. The molecule has 0 bridgehead atoms. The number of carbonyl (C=O) groups excluding carboxylic acids is 2. The van der Waals surface area contributed by atoms with Crippen LogP contribution >= 0.6 is 11.8 Å². The molecule has 2 amide bonds. The van der Waals surface area contributed by atoms with Gasteiger partial charge >= 0.3 is 0 Å². The largest absolute Gasteiger partial charge is 0.496 e. The van der Waals surface area contributed by atoms with Gasteiger partial charge in [-0.15, -0.1) is 11.8 Å². The number of allylic oxidation sites excluding steroid dienone is 1. The van der Waals surface area contributed by atoms with Crippen LogP contribution in [0.5, 0.6) is 0 Å². The summed E-state index contributed by atoms with van der Waals surface area (Å²) in [5, 5.41) is 2.88. The maximum atomic E-state index is 12.8. The summed E-state index contributed by atoms with van der Waals surface area (Å²) >= 11 is 1.50. The van der Waals surface area contributed by atoms with Gasteiger partial charge in [0.2, 0.25) is 0 Å². The second kappa shape index (κ2) is 9.21. The highest BCUT2D eigenvalue weighted by molar-refractivity contribution is 8.04. The van der Waals surface area contributed by atoms with Gasteiger partial charge in [0.15, 0.2) is 0 Å². The van der Waals surface area contributed by atoms with Crippen molar-refractivity contribution in [1.82, 2.24) is 9.88 Å². The van der Waals surface area contributed by atoms with Gasteiger partial charge in [-0.25, -0.2) is 4.98 Å². The third-order valence-corrected chi connectivity index (χ3v) is 6.24. The average Bonchev–Trinajstić information content (AvgIpc) is 2.80.